The zero-order chi connectivity index (χ0) is 11.5. The van der Waals surface area contributed by atoms with Crippen molar-refractivity contribution in [3.63, 3.8) is 0 Å². The van der Waals surface area contributed by atoms with E-state index in [-0.39, 0.29) is 5.82 Å². The highest BCUT2D eigenvalue weighted by Gasteiger charge is 2.18. The highest BCUT2D eigenvalue weighted by Crippen LogP contribution is 2.29. The second kappa shape index (κ2) is 4.95. The van der Waals surface area contributed by atoms with Crippen LogP contribution in [0.3, 0.4) is 0 Å². The zero-order valence-corrected chi connectivity index (χ0v) is 10.5. The predicted molar refractivity (Wildman–Crippen MR) is 67.3 cm³/mol. The Morgan fingerprint density at radius 3 is 2.75 bits per heavy atom. The molecule has 0 heterocycles. The Labute approximate surface area is 103 Å². The van der Waals surface area contributed by atoms with Crippen LogP contribution in [0.1, 0.15) is 25.7 Å². The summed E-state index contributed by atoms with van der Waals surface area (Å²) in [5, 5.41) is 0. The summed E-state index contributed by atoms with van der Waals surface area (Å²) in [6.45, 7) is 0. The van der Waals surface area contributed by atoms with Crippen LogP contribution in [0.25, 0.3) is 0 Å². The topological polar surface area (TPSA) is 38.4 Å². The normalized spacial score (nSPS) is 18.0. The summed E-state index contributed by atoms with van der Waals surface area (Å²) in [6, 6.07) is 4.44. The van der Waals surface area contributed by atoms with Gasteiger partial charge in [0.15, 0.2) is 0 Å². The van der Waals surface area contributed by atoms with Gasteiger partial charge in [-0.25, -0.2) is 9.38 Å². The molecule has 1 aliphatic carbocycles. The first-order valence-corrected chi connectivity index (χ1v) is 6.25. The van der Waals surface area contributed by atoms with E-state index < -0.39 is 0 Å². The minimum atomic E-state index is -0.291. The van der Waals surface area contributed by atoms with Crippen LogP contribution >= 0.6 is 15.9 Å². The van der Waals surface area contributed by atoms with E-state index in [0.717, 1.165) is 17.3 Å². The van der Waals surface area contributed by atoms with E-state index in [2.05, 4.69) is 20.9 Å². The van der Waals surface area contributed by atoms with Gasteiger partial charge >= 0.3 is 0 Å². The van der Waals surface area contributed by atoms with Crippen molar-refractivity contribution in [3.05, 3.63) is 28.5 Å². The van der Waals surface area contributed by atoms with Gasteiger partial charge in [-0.1, -0.05) is 12.8 Å². The summed E-state index contributed by atoms with van der Waals surface area (Å²) in [5.74, 6) is 0.708. The highest BCUT2D eigenvalue weighted by atomic mass is 79.9. The number of aliphatic imine (C=N–C) groups is 1. The van der Waals surface area contributed by atoms with E-state index in [9.17, 15) is 4.39 Å². The molecule has 0 saturated heterocycles. The lowest BCUT2D eigenvalue weighted by Gasteiger charge is -2.08. The lowest BCUT2D eigenvalue weighted by Crippen LogP contribution is -2.20. The van der Waals surface area contributed by atoms with E-state index in [1.54, 1.807) is 6.07 Å². The van der Waals surface area contributed by atoms with Crippen molar-refractivity contribution in [1.29, 1.82) is 0 Å². The number of nitrogens with two attached hydrogens (primary N) is 1. The number of hydrogen-bond donors (Lipinski definition) is 1. The molecule has 4 heteroatoms. The molecule has 0 aromatic heterocycles. The molecule has 1 aliphatic rings. The quantitative estimate of drug-likeness (QED) is 0.652. The number of hydrogen-bond acceptors (Lipinski definition) is 1. The van der Waals surface area contributed by atoms with Crippen molar-refractivity contribution in [1.82, 2.24) is 0 Å². The number of halogens is 2. The third kappa shape index (κ3) is 2.61. The molecule has 1 saturated carbocycles. The highest BCUT2D eigenvalue weighted by molar-refractivity contribution is 9.10. The molecule has 16 heavy (non-hydrogen) atoms. The fraction of sp³-hybridized carbons (Fsp3) is 0.417. The maximum atomic E-state index is 13.0. The number of benzene rings is 1. The Kier molecular flexibility index (Phi) is 3.59. The summed E-state index contributed by atoms with van der Waals surface area (Å²) in [5.41, 5.74) is 6.51. The van der Waals surface area contributed by atoms with E-state index in [1.165, 1.54) is 25.0 Å². The van der Waals surface area contributed by atoms with Gasteiger partial charge in [-0.05, 0) is 40.9 Å². The van der Waals surface area contributed by atoms with Gasteiger partial charge in [0.05, 0.1) is 5.69 Å². The second-order valence-corrected chi connectivity index (χ2v) is 4.97. The summed E-state index contributed by atoms with van der Waals surface area (Å²) >= 11 is 3.34. The van der Waals surface area contributed by atoms with Crippen molar-refractivity contribution in [2.45, 2.75) is 25.7 Å². The Morgan fingerprint density at radius 2 is 2.06 bits per heavy atom. The van der Waals surface area contributed by atoms with Crippen LogP contribution in [0, 0.1) is 11.7 Å². The number of nitrogens with zero attached hydrogens (tertiary/aromatic N) is 1. The molecule has 0 radical (unpaired) electrons. The first-order chi connectivity index (χ1) is 7.66. The maximum absolute atomic E-state index is 13.0. The van der Waals surface area contributed by atoms with Gasteiger partial charge in [0.2, 0.25) is 0 Å². The predicted octanol–water partition coefficient (Wildman–Crippen LogP) is 3.77. The van der Waals surface area contributed by atoms with Crippen LogP contribution in [0.5, 0.6) is 0 Å². The van der Waals surface area contributed by atoms with Gasteiger partial charge < -0.3 is 5.73 Å². The van der Waals surface area contributed by atoms with E-state index in [4.69, 9.17) is 5.73 Å². The molecule has 2 N–H and O–H groups in total. The van der Waals surface area contributed by atoms with Crippen LogP contribution in [0.15, 0.2) is 27.7 Å². The molecule has 0 unspecified atom stereocenters. The molecule has 2 rings (SSSR count). The van der Waals surface area contributed by atoms with Crippen LogP contribution in [0.2, 0.25) is 0 Å². The van der Waals surface area contributed by atoms with E-state index >= 15 is 0 Å². The first kappa shape index (κ1) is 11.6. The zero-order valence-electron chi connectivity index (χ0n) is 8.92. The monoisotopic (exact) mass is 284 g/mol. The molecule has 2 nitrogen and oxygen atoms in total. The van der Waals surface area contributed by atoms with Crippen molar-refractivity contribution >= 4 is 27.5 Å². The number of rotatable bonds is 2. The van der Waals surface area contributed by atoms with Crippen molar-refractivity contribution < 1.29 is 4.39 Å². The van der Waals surface area contributed by atoms with Crippen LogP contribution in [-0.4, -0.2) is 5.84 Å². The molecular weight excluding hydrogens is 271 g/mol. The van der Waals surface area contributed by atoms with Crippen molar-refractivity contribution in [2.24, 2.45) is 16.6 Å². The van der Waals surface area contributed by atoms with E-state index in [0.29, 0.717) is 17.4 Å². The Bertz CT molecular complexity index is 411. The molecule has 86 valence electrons. The fourth-order valence-corrected chi connectivity index (χ4v) is 2.36. The summed E-state index contributed by atoms with van der Waals surface area (Å²) < 4.78 is 13.8. The third-order valence-electron chi connectivity index (χ3n) is 2.93. The average molecular weight is 285 g/mol. The lowest BCUT2D eigenvalue weighted by molar-refractivity contribution is 0.628. The molecule has 0 bridgehead atoms. The Morgan fingerprint density at radius 1 is 1.38 bits per heavy atom. The summed E-state index contributed by atoms with van der Waals surface area (Å²) in [4.78, 5) is 4.31. The minimum Gasteiger partial charge on any atom is -0.387 e. The van der Waals surface area contributed by atoms with Crippen LogP contribution in [0.4, 0.5) is 10.1 Å². The number of amidine groups is 1. The maximum Gasteiger partial charge on any atom is 0.125 e. The van der Waals surface area contributed by atoms with E-state index in [1.807, 2.05) is 0 Å². The molecular formula is C12H14BrFN2. The minimum absolute atomic E-state index is 0.291. The smallest absolute Gasteiger partial charge is 0.125 e. The molecule has 0 atom stereocenters. The summed E-state index contributed by atoms with van der Waals surface area (Å²) in [7, 11) is 0. The van der Waals surface area contributed by atoms with Crippen LogP contribution < -0.4 is 5.73 Å². The van der Waals surface area contributed by atoms with Crippen molar-refractivity contribution in [2.75, 3.05) is 0 Å². The van der Waals surface area contributed by atoms with Crippen LogP contribution in [-0.2, 0) is 0 Å². The third-order valence-corrected chi connectivity index (χ3v) is 3.60. The molecule has 1 fully saturated rings. The van der Waals surface area contributed by atoms with Gasteiger partial charge in [0, 0.05) is 16.5 Å². The molecule has 1 aromatic carbocycles. The second-order valence-electron chi connectivity index (χ2n) is 4.11. The van der Waals surface area contributed by atoms with Gasteiger partial charge in [0.25, 0.3) is 0 Å². The molecule has 1 aromatic rings. The lowest BCUT2D eigenvalue weighted by atomic mass is 10.1. The van der Waals surface area contributed by atoms with Gasteiger partial charge in [-0.3, -0.25) is 0 Å². The Hall–Kier alpha value is -0.900. The molecule has 0 spiro atoms. The van der Waals surface area contributed by atoms with Crippen molar-refractivity contribution in [3.8, 4) is 0 Å². The Balaban J connectivity index is 2.23. The van der Waals surface area contributed by atoms with Gasteiger partial charge in [-0.15, -0.1) is 0 Å². The SMILES string of the molecule is NC(=Nc1cc(F)ccc1Br)C1CCCC1. The molecule has 0 aliphatic heterocycles. The standard InChI is InChI=1S/C12H14BrFN2/c13-10-6-5-9(14)7-11(10)16-12(15)8-3-1-2-4-8/h5-8H,1-4H2,(H2,15,16). The fourth-order valence-electron chi connectivity index (χ4n) is 2.02. The largest absolute Gasteiger partial charge is 0.387 e. The molecule has 0 amide bonds. The average Bonchev–Trinajstić information content (AvgIpc) is 2.76. The van der Waals surface area contributed by atoms with Gasteiger partial charge in [0.1, 0.15) is 11.7 Å². The summed E-state index contributed by atoms with van der Waals surface area (Å²) in [6.07, 6.45) is 4.63. The first-order valence-electron chi connectivity index (χ1n) is 5.46. The van der Waals surface area contributed by atoms with Gasteiger partial charge in [-0.2, -0.15) is 0 Å².